The Labute approximate surface area is 102 Å². The summed E-state index contributed by atoms with van der Waals surface area (Å²) in [6.07, 6.45) is 5.26. The summed E-state index contributed by atoms with van der Waals surface area (Å²) in [4.78, 5) is 24.8. The van der Waals surface area contributed by atoms with Gasteiger partial charge in [0.25, 0.3) is 5.56 Å². The number of nitrogens with one attached hydrogen (secondary N) is 2. The summed E-state index contributed by atoms with van der Waals surface area (Å²) in [5.41, 5.74) is 1.19. The molecule has 0 atom stereocenters. The van der Waals surface area contributed by atoms with Crippen molar-refractivity contribution in [3.8, 4) is 6.01 Å². The van der Waals surface area contributed by atoms with Crippen molar-refractivity contribution < 1.29 is 4.74 Å². The van der Waals surface area contributed by atoms with Crippen molar-refractivity contribution in [3.63, 3.8) is 0 Å². The minimum Gasteiger partial charge on any atom is -0.467 e. The Bertz CT molecular complexity index is 617. The number of H-pyrrole nitrogens is 2. The van der Waals surface area contributed by atoms with Gasteiger partial charge >= 0.3 is 6.01 Å². The Hall–Kier alpha value is -2.02. The summed E-state index contributed by atoms with van der Waals surface area (Å²) in [5, 5.41) is 0. The summed E-state index contributed by atoms with van der Waals surface area (Å²) >= 11 is 4.80. The van der Waals surface area contributed by atoms with Gasteiger partial charge in [-0.15, -0.1) is 0 Å². The van der Waals surface area contributed by atoms with E-state index in [1.165, 1.54) is 7.11 Å². The maximum atomic E-state index is 11.6. The molecule has 7 heteroatoms. The number of rotatable bonds is 3. The molecule has 88 valence electrons. The van der Waals surface area contributed by atoms with E-state index in [1.54, 1.807) is 18.6 Å². The Balaban J connectivity index is 2.25. The Kier molecular flexibility index (Phi) is 3.29. The predicted molar refractivity (Wildman–Crippen MR) is 63.6 cm³/mol. The molecule has 2 heterocycles. The molecule has 0 aliphatic rings. The monoisotopic (exact) mass is 250 g/mol. The second kappa shape index (κ2) is 4.88. The van der Waals surface area contributed by atoms with Crippen LogP contribution in [0.4, 0.5) is 0 Å². The molecule has 0 aromatic carbocycles. The fraction of sp³-hybridized carbons (Fsp3) is 0.200. The van der Waals surface area contributed by atoms with E-state index in [-0.39, 0.29) is 5.56 Å². The molecule has 0 unspecified atom stereocenters. The average Bonchev–Trinajstić information content (AvgIpc) is 2.34. The zero-order valence-electron chi connectivity index (χ0n) is 9.06. The van der Waals surface area contributed by atoms with E-state index in [0.717, 1.165) is 5.56 Å². The van der Waals surface area contributed by atoms with Crippen molar-refractivity contribution in [2.75, 3.05) is 7.11 Å². The van der Waals surface area contributed by atoms with Crippen molar-refractivity contribution in [2.24, 2.45) is 0 Å². The fourth-order valence-corrected chi connectivity index (χ4v) is 1.48. The first kappa shape index (κ1) is 11.5. The van der Waals surface area contributed by atoms with Crippen molar-refractivity contribution in [1.29, 1.82) is 0 Å². The number of nitrogens with zero attached hydrogens (tertiary/aromatic N) is 2. The van der Waals surface area contributed by atoms with E-state index in [0.29, 0.717) is 22.8 Å². The van der Waals surface area contributed by atoms with Crippen LogP contribution in [0.25, 0.3) is 0 Å². The second-order valence-electron chi connectivity index (χ2n) is 3.35. The quantitative estimate of drug-likeness (QED) is 0.788. The molecule has 0 aliphatic heterocycles. The lowest BCUT2D eigenvalue weighted by molar-refractivity contribution is 0.379. The Morgan fingerprint density at radius 2 is 2.12 bits per heavy atom. The van der Waals surface area contributed by atoms with E-state index >= 15 is 0 Å². The van der Waals surface area contributed by atoms with Gasteiger partial charge in [-0.05, 0) is 17.8 Å². The number of methoxy groups -OCH3 is 1. The molecular formula is C10H10N4O2S. The zero-order valence-corrected chi connectivity index (χ0v) is 9.87. The van der Waals surface area contributed by atoms with Gasteiger partial charge in [-0.3, -0.25) is 9.78 Å². The van der Waals surface area contributed by atoms with Crippen LogP contribution in [0, 0.1) is 4.77 Å². The molecule has 17 heavy (non-hydrogen) atoms. The highest BCUT2D eigenvalue weighted by Crippen LogP contribution is 2.05. The largest absolute Gasteiger partial charge is 0.467 e. The van der Waals surface area contributed by atoms with Crippen LogP contribution in [0.5, 0.6) is 6.01 Å². The third-order valence-corrected chi connectivity index (χ3v) is 2.37. The Morgan fingerprint density at radius 1 is 1.41 bits per heavy atom. The SMILES string of the molecule is COc1ncc(Cc2c[nH]c(=S)[nH]c2=O)cn1. The van der Waals surface area contributed by atoms with E-state index in [9.17, 15) is 4.79 Å². The summed E-state index contributed by atoms with van der Waals surface area (Å²) in [7, 11) is 1.50. The van der Waals surface area contributed by atoms with Crippen molar-refractivity contribution >= 4 is 12.2 Å². The van der Waals surface area contributed by atoms with Crippen LogP contribution >= 0.6 is 12.2 Å². The van der Waals surface area contributed by atoms with Crippen molar-refractivity contribution in [3.05, 3.63) is 44.8 Å². The number of ether oxygens (including phenoxy) is 1. The molecule has 6 nitrogen and oxygen atoms in total. The van der Waals surface area contributed by atoms with E-state index in [2.05, 4.69) is 19.9 Å². The van der Waals surface area contributed by atoms with Gasteiger partial charge in [0.05, 0.1) is 7.11 Å². The lowest BCUT2D eigenvalue weighted by Gasteiger charge is -2.01. The molecule has 0 saturated heterocycles. The highest BCUT2D eigenvalue weighted by atomic mass is 32.1. The maximum Gasteiger partial charge on any atom is 0.316 e. The van der Waals surface area contributed by atoms with Gasteiger partial charge in [-0.25, -0.2) is 9.97 Å². The molecule has 0 spiro atoms. The fourth-order valence-electron chi connectivity index (χ4n) is 1.33. The molecule has 0 saturated carbocycles. The summed E-state index contributed by atoms with van der Waals surface area (Å²) < 4.78 is 5.16. The van der Waals surface area contributed by atoms with Crippen LogP contribution in [0.1, 0.15) is 11.1 Å². The number of hydrogen-bond donors (Lipinski definition) is 2. The molecule has 2 rings (SSSR count). The Morgan fingerprint density at radius 3 is 2.71 bits per heavy atom. The van der Waals surface area contributed by atoms with Crippen molar-refractivity contribution in [2.45, 2.75) is 6.42 Å². The third kappa shape index (κ3) is 2.76. The number of aromatic amines is 2. The minimum absolute atomic E-state index is 0.204. The molecular weight excluding hydrogens is 240 g/mol. The zero-order chi connectivity index (χ0) is 12.3. The van der Waals surface area contributed by atoms with Gasteiger partial charge in [-0.1, -0.05) is 0 Å². The number of aromatic nitrogens is 4. The van der Waals surface area contributed by atoms with Crippen molar-refractivity contribution in [1.82, 2.24) is 19.9 Å². The first-order valence-corrected chi connectivity index (χ1v) is 5.25. The van der Waals surface area contributed by atoms with E-state index in [1.807, 2.05) is 0 Å². The van der Waals surface area contributed by atoms with Gasteiger partial charge in [0, 0.05) is 30.6 Å². The van der Waals surface area contributed by atoms with Crippen LogP contribution in [-0.2, 0) is 6.42 Å². The lowest BCUT2D eigenvalue weighted by Crippen LogP contribution is -2.13. The molecule has 2 N–H and O–H groups in total. The van der Waals surface area contributed by atoms with Crippen LogP contribution in [0.3, 0.4) is 0 Å². The normalized spacial score (nSPS) is 10.2. The smallest absolute Gasteiger partial charge is 0.316 e. The molecule has 0 fully saturated rings. The molecule has 2 aromatic heterocycles. The molecule has 0 bridgehead atoms. The van der Waals surface area contributed by atoms with Crippen LogP contribution in [0.2, 0.25) is 0 Å². The van der Waals surface area contributed by atoms with Gasteiger partial charge in [0.15, 0.2) is 4.77 Å². The molecule has 0 amide bonds. The van der Waals surface area contributed by atoms with Gasteiger partial charge in [0.2, 0.25) is 0 Å². The maximum absolute atomic E-state index is 11.6. The van der Waals surface area contributed by atoms with E-state index < -0.39 is 0 Å². The van der Waals surface area contributed by atoms with Crippen LogP contribution in [0.15, 0.2) is 23.4 Å². The number of hydrogen-bond acceptors (Lipinski definition) is 5. The average molecular weight is 250 g/mol. The van der Waals surface area contributed by atoms with E-state index in [4.69, 9.17) is 17.0 Å². The van der Waals surface area contributed by atoms with Gasteiger partial charge < -0.3 is 9.72 Å². The molecule has 2 aromatic rings. The predicted octanol–water partition coefficient (Wildman–Crippen LogP) is 0.822. The van der Waals surface area contributed by atoms with Crippen LogP contribution in [-0.4, -0.2) is 27.0 Å². The summed E-state index contributed by atoms with van der Waals surface area (Å²) in [5.74, 6) is 0. The first-order chi connectivity index (χ1) is 8.19. The second-order valence-corrected chi connectivity index (χ2v) is 3.76. The minimum atomic E-state index is -0.204. The molecule has 0 radical (unpaired) electrons. The third-order valence-electron chi connectivity index (χ3n) is 2.15. The first-order valence-electron chi connectivity index (χ1n) is 4.85. The standard InChI is InChI=1S/C10H10N4O2S/c1-16-9-11-3-6(4-12-9)2-7-5-13-10(17)14-8(7)15/h3-5H,2H2,1H3,(H2,13,14,15,17). The highest BCUT2D eigenvalue weighted by molar-refractivity contribution is 7.71. The van der Waals surface area contributed by atoms with Crippen LogP contribution < -0.4 is 10.3 Å². The van der Waals surface area contributed by atoms with Gasteiger partial charge in [-0.2, -0.15) is 0 Å². The topological polar surface area (TPSA) is 83.7 Å². The highest BCUT2D eigenvalue weighted by Gasteiger charge is 2.03. The lowest BCUT2D eigenvalue weighted by atomic mass is 10.1. The summed E-state index contributed by atoms with van der Waals surface area (Å²) in [6.45, 7) is 0. The summed E-state index contributed by atoms with van der Waals surface area (Å²) in [6, 6.07) is 0.301. The molecule has 0 aliphatic carbocycles. The van der Waals surface area contributed by atoms with Gasteiger partial charge in [0.1, 0.15) is 0 Å².